The second kappa shape index (κ2) is 6.57. The van der Waals surface area contributed by atoms with Crippen LogP contribution in [0.15, 0.2) is 44.6 Å². The van der Waals surface area contributed by atoms with Crippen molar-refractivity contribution < 1.29 is 4.52 Å². The predicted molar refractivity (Wildman–Crippen MR) is 88.9 cm³/mol. The van der Waals surface area contributed by atoms with Crippen LogP contribution in [0.3, 0.4) is 0 Å². The van der Waals surface area contributed by atoms with Crippen LogP contribution < -0.4 is 11.2 Å². The maximum absolute atomic E-state index is 12.4. The molecule has 0 atom stereocenters. The molecular formula is C17H15N5O3. The van der Waals surface area contributed by atoms with E-state index in [0.29, 0.717) is 12.4 Å². The highest BCUT2D eigenvalue weighted by Gasteiger charge is 2.15. The Hall–Kier alpha value is -3.47. The van der Waals surface area contributed by atoms with Gasteiger partial charge in [0.25, 0.3) is 5.56 Å². The van der Waals surface area contributed by atoms with Crippen molar-refractivity contribution in [3.63, 3.8) is 0 Å². The van der Waals surface area contributed by atoms with E-state index in [9.17, 15) is 9.59 Å². The van der Waals surface area contributed by atoms with Gasteiger partial charge >= 0.3 is 5.69 Å². The Morgan fingerprint density at radius 3 is 2.72 bits per heavy atom. The van der Waals surface area contributed by atoms with Gasteiger partial charge in [-0.15, -0.1) is 0 Å². The Bertz CT molecular complexity index is 1080. The maximum Gasteiger partial charge on any atom is 0.331 e. The van der Waals surface area contributed by atoms with Gasteiger partial charge in [0.1, 0.15) is 18.2 Å². The van der Waals surface area contributed by atoms with Crippen LogP contribution in [-0.4, -0.2) is 19.3 Å². The largest absolute Gasteiger partial charge is 0.337 e. The zero-order valence-corrected chi connectivity index (χ0v) is 13.8. The lowest BCUT2D eigenvalue weighted by Crippen LogP contribution is -2.41. The number of aryl methyl sites for hydroxylation is 2. The summed E-state index contributed by atoms with van der Waals surface area (Å²) in [6.45, 7) is 3.82. The monoisotopic (exact) mass is 337 g/mol. The summed E-state index contributed by atoms with van der Waals surface area (Å²) >= 11 is 0. The standard InChI is InChI=1S/C17H15N5O3/c1-3-21-9-12(8-18)16(23)22(17(21)24)10-14-19-15(20-25-14)13-7-5-4-6-11(13)2/h4-7,9H,3,10H2,1-2H3. The summed E-state index contributed by atoms with van der Waals surface area (Å²) in [4.78, 5) is 28.9. The van der Waals surface area contributed by atoms with E-state index in [4.69, 9.17) is 9.78 Å². The fourth-order valence-corrected chi connectivity index (χ4v) is 2.48. The molecule has 0 aliphatic rings. The molecule has 2 heterocycles. The topological polar surface area (TPSA) is 107 Å². The van der Waals surface area contributed by atoms with E-state index in [1.165, 1.54) is 10.8 Å². The van der Waals surface area contributed by atoms with Gasteiger partial charge in [-0.1, -0.05) is 29.4 Å². The normalized spacial score (nSPS) is 10.6. The SMILES string of the molecule is CCn1cc(C#N)c(=O)n(Cc2nc(-c3ccccc3C)no2)c1=O. The molecule has 0 fully saturated rings. The zero-order valence-electron chi connectivity index (χ0n) is 13.8. The van der Waals surface area contributed by atoms with E-state index in [-0.39, 0.29) is 18.0 Å². The minimum Gasteiger partial charge on any atom is -0.337 e. The first-order chi connectivity index (χ1) is 12.0. The number of aromatic nitrogens is 4. The van der Waals surface area contributed by atoms with Crippen LogP contribution in [0.2, 0.25) is 0 Å². The smallest absolute Gasteiger partial charge is 0.331 e. The van der Waals surface area contributed by atoms with E-state index < -0.39 is 11.2 Å². The molecule has 8 heteroatoms. The molecule has 3 aromatic rings. The first-order valence-electron chi connectivity index (χ1n) is 7.68. The minimum absolute atomic E-state index is 0.111. The minimum atomic E-state index is -0.673. The fourth-order valence-electron chi connectivity index (χ4n) is 2.48. The number of rotatable bonds is 4. The van der Waals surface area contributed by atoms with Crippen LogP contribution in [0.4, 0.5) is 0 Å². The number of nitrogens with zero attached hydrogens (tertiary/aromatic N) is 5. The average Bonchev–Trinajstić information content (AvgIpc) is 3.08. The summed E-state index contributed by atoms with van der Waals surface area (Å²) in [6, 6.07) is 9.35. The highest BCUT2D eigenvalue weighted by atomic mass is 16.5. The highest BCUT2D eigenvalue weighted by molar-refractivity contribution is 5.58. The predicted octanol–water partition coefficient (Wildman–Crippen LogP) is 1.31. The second-order valence-electron chi connectivity index (χ2n) is 5.44. The molecule has 0 aliphatic carbocycles. The van der Waals surface area contributed by atoms with Gasteiger partial charge in [-0.3, -0.25) is 9.36 Å². The van der Waals surface area contributed by atoms with Crippen LogP contribution in [0.5, 0.6) is 0 Å². The molecule has 0 spiro atoms. The summed E-state index contributed by atoms with van der Waals surface area (Å²) < 4.78 is 7.40. The van der Waals surface area contributed by atoms with Crippen molar-refractivity contribution in [1.82, 2.24) is 19.3 Å². The van der Waals surface area contributed by atoms with Crippen LogP contribution in [0.1, 0.15) is 23.9 Å². The molecule has 1 aromatic carbocycles. The van der Waals surface area contributed by atoms with Gasteiger partial charge in [-0.05, 0) is 19.4 Å². The van der Waals surface area contributed by atoms with Crippen molar-refractivity contribution in [3.05, 3.63) is 68.3 Å². The highest BCUT2D eigenvalue weighted by Crippen LogP contribution is 2.19. The van der Waals surface area contributed by atoms with Gasteiger partial charge < -0.3 is 4.52 Å². The van der Waals surface area contributed by atoms with Crippen LogP contribution >= 0.6 is 0 Å². The van der Waals surface area contributed by atoms with E-state index in [1.807, 2.05) is 31.2 Å². The molecule has 0 saturated carbocycles. The molecule has 126 valence electrons. The quantitative estimate of drug-likeness (QED) is 0.710. The van der Waals surface area contributed by atoms with Crippen LogP contribution in [0.25, 0.3) is 11.4 Å². The van der Waals surface area contributed by atoms with Gasteiger partial charge in [0.2, 0.25) is 11.7 Å². The lowest BCUT2D eigenvalue weighted by atomic mass is 10.1. The Morgan fingerprint density at radius 2 is 2.04 bits per heavy atom. The van der Waals surface area contributed by atoms with E-state index in [1.54, 1.807) is 13.0 Å². The molecule has 0 amide bonds. The van der Waals surface area contributed by atoms with Gasteiger partial charge in [0.15, 0.2) is 0 Å². The maximum atomic E-state index is 12.4. The molecule has 25 heavy (non-hydrogen) atoms. The van der Waals surface area contributed by atoms with Crippen molar-refractivity contribution in [2.75, 3.05) is 0 Å². The van der Waals surface area contributed by atoms with E-state index in [0.717, 1.165) is 15.7 Å². The molecule has 0 saturated heterocycles. The third kappa shape index (κ3) is 2.99. The zero-order chi connectivity index (χ0) is 18.0. The lowest BCUT2D eigenvalue weighted by Gasteiger charge is -2.07. The lowest BCUT2D eigenvalue weighted by molar-refractivity contribution is 0.365. The number of hydrogen-bond donors (Lipinski definition) is 0. The van der Waals surface area contributed by atoms with Gasteiger partial charge in [0.05, 0.1) is 0 Å². The molecule has 0 radical (unpaired) electrons. The molecule has 3 rings (SSSR count). The summed E-state index contributed by atoms with van der Waals surface area (Å²) in [5.74, 6) is 0.503. The van der Waals surface area contributed by atoms with Gasteiger partial charge in [-0.25, -0.2) is 9.36 Å². The number of hydrogen-bond acceptors (Lipinski definition) is 6. The molecule has 0 aliphatic heterocycles. The van der Waals surface area contributed by atoms with Gasteiger partial charge in [0, 0.05) is 18.3 Å². The van der Waals surface area contributed by atoms with Crippen molar-refractivity contribution in [2.45, 2.75) is 26.9 Å². The fraction of sp³-hybridized carbons (Fsp3) is 0.235. The first-order valence-corrected chi connectivity index (χ1v) is 7.68. The van der Waals surface area contributed by atoms with Crippen LogP contribution in [-0.2, 0) is 13.1 Å². The molecule has 8 nitrogen and oxygen atoms in total. The van der Waals surface area contributed by atoms with E-state index in [2.05, 4.69) is 10.1 Å². The first kappa shape index (κ1) is 16.4. The van der Waals surface area contributed by atoms with Crippen molar-refractivity contribution in [3.8, 4) is 17.5 Å². The molecule has 0 unspecified atom stereocenters. The molecule has 2 aromatic heterocycles. The van der Waals surface area contributed by atoms with E-state index >= 15 is 0 Å². The van der Waals surface area contributed by atoms with Crippen molar-refractivity contribution >= 4 is 0 Å². The third-order valence-corrected chi connectivity index (χ3v) is 3.85. The van der Waals surface area contributed by atoms with Gasteiger partial charge in [-0.2, -0.15) is 10.2 Å². The van der Waals surface area contributed by atoms with Crippen LogP contribution in [0, 0.1) is 18.3 Å². The summed E-state index contributed by atoms with van der Waals surface area (Å²) in [7, 11) is 0. The van der Waals surface area contributed by atoms with Crippen molar-refractivity contribution in [1.29, 1.82) is 5.26 Å². The number of benzene rings is 1. The summed E-state index contributed by atoms with van der Waals surface area (Å²) in [5.41, 5.74) is 0.475. The summed E-state index contributed by atoms with van der Waals surface area (Å²) in [5, 5.41) is 13.0. The second-order valence-corrected chi connectivity index (χ2v) is 5.44. The Kier molecular flexibility index (Phi) is 4.31. The Balaban J connectivity index is 2.03. The Labute approximate surface area is 142 Å². The summed E-state index contributed by atoms with van der Waals surface area (Å²) in [6.07, 6.45) is 1.26. The number of nitriles is 1. The Morgan fingerprint density at radius 1 is 1.28 bits per heavy atom. The average molecular weight is 337 g/mol. The molecular weight excluding hydrogens is 322 g/mol. The molecule has 0 N–H and O–H groups in total. The van der Waals surface area contributed by atoms with Crippen molar-refractivity contribution in [2.24, 2.45) is 0 Å². The third-order valence-electron chi connectivity index (χ3n) is 3.85. The molecule has 0 bridgehead atoms.